The molecule has 8 atom stereocenters. The van der Waals surface area contributed by atoms with Crippen LogP contribution in [0.1, 0.15) is 37.0 Å². The number of benzene rings is 2. The fourth-order valence-corrected chi connectivity index (χ4v) is 7.38. The summed E-state index contributed by atoms with van der Waals surface area (Å²) >= 11 is 0. The van der Waals surface area contributed by atoms with Crippen molar-refractivity contribution in [1.29, 1.82) is 0 Å². The number of nitrogens with one attached hydrogen (secondary N) is 1. The summed E-state index contributed by atoms with van der Waals surface area (Å²) in [5.41, 5.74) is 0.0753. The summed E-state index contributed by atoms with van der Waals surface area (Å²) in [6.07, 6.45) is 5.74. The van der Waals surface area contributed by atoms with Crippen LogP contribution in [0.4, 0.5) is 0 Å². The van der Waals surface area contributed by atoms with Crippen molar-refractivity contribution in [2.75, 3.05) is 26.9 Å². The lowest BCUT2D eigenvalue weighted by molar-refractivity contribution is -0.163. The van der Waals surface area contributed by atoms with Gasteiger partial charge in [-0.2, -0.15) is 0 Å². The number of fused-ring (bicyclic) bond motifs is 2. The fraction of sp³-hybridized carbons (Fsp3) is 0.444. The van der Waals surface area contributed by atoms with Gasteiger partial charge in [-0.3, -0.25) is 19.2 Å². The number of aliphatic hydroxyl groups is 1. The predicted octanol–water partition coefficient (Wildman–Crippen LogP) is 2.31. The number of nitrogens with zero attached hydrogens (tertiary/aromatic N) is 2. The summed E-state index contributed by atoms with van der Waals surface area (Å²) in [7, 11) is 1.50. The monoisotopic (exact) mass is 643 g/mol. The molecule has 2 saturated heterocycles. The molecular weight excluding hydrogens is 602 g/mol. The molecule has 0 radical (unpaired) electrons. The standard InChI is InChI=1S/C36H41N3O8/c1-23(21-40)39-32-34(43)38(20-24-12-5-3-6-13-24)19-11-18-36(32)30(33(39)42)29-27(47-36)16-9-10-17-28(41)37-26(22-45-2)31(46-35(29)44)25-14-7-4-8-15-25/h3-9,11-16,18,23,26-27,29-32,40H,10,17,19-22H2,1-2H3,(H,37,41)/b16-9-/t23-,26-,27-,29+,30+,31-,32-,36+/m1/s1. The number of esters is 1. The molecule has 0 aromatic heterocycles. The van der Waals surface area contributed by atoms with Gasteiger partial charge in [0.15, 0.2) is 0 Å². The van der Waals surface area contributed by atoms with Gasteiger partial charge < -0.3 is 34.4 Å². The van der Waals surface area contributed by atoms with Crippen molar-refractivity contribution >= 4 is 23.7 Å². The van der Waals surface area contributed by atoms with E-state index in [0.717, 1.165) is 5.56 Å². The summed E-state index contributed by atoms with van der Waals surface area (Å²) in [5.74, 6) is -3.92. The minimum absolute atomic E-state index is 0.0731. The van der Waals surface area contributed by atoms with E-state index in [1.165, 1.54) is 12.0 Å². The van der Waals surface area contributed by atoms with Gasteiger partial charge in [-0.15, -0.1) is 0 Å². The van der Waals surface area contributed by atoms with Gasteiger partial charge in [-0.25, -0.2) is 0 Å². The third kappa shape index (κ3) is 6.10. The van der Waals surface area contributed by atoms with Crippen molar-refractivity contribution in [3.8, 4) is 0 Å². The van der Waals surface area contributed by atoms with Crippen LogP contribution in [0, 0.1) is 11.8 Å². The van der Waals surface area contributed by atoms with Crippen LogP contribution >= 0.6 is 0 Å². The lowest BCUT2D eigenvalue weighted by Gasteiger charge is -2.37. The van der Waals surface area contributed by atoms with Crippen LogP contribution in [0.15, 0.2) is 85.0 Å². The zero-order chi connectivity index (χ0) is 33.1. The lowest BCUT2D eigenvalue weighted by atomic mass is 9.77. The molecule has 2 N–H and O–H groups in total. The quantitative estimate of drug-likeness (QED) is 0.347. The van der Waals surface area contributed by atoms with Gasteiger partial charge >= 0.3 is 5.97 Å². The highest BCUT2D eigenvalue weighted by Gasteiger charge is 2.72. The van der Waals surface area contributed by atoms with E-state index < -0.39 is 59.6 Å². The Balaban J connectivity index is 1.43. The topological polar surface area (TPSA) is 135 Å². The number of aliphatic hydroxyl groups excluding tert-OH is 1. The van der Waals surface area contributed by atoms with Crippen molar-refractivity contribution in [2.24, 2.45) is 11.8 Å². The second-order valence-electron chi connectivity index (χ2n) is 12.6. The summed E-state index contributed by atoms with van der Waals surface area (Å²) in [4.78, 5) is 59.5. The normalized spacial score (nSPS) is 32.2. The Hall–Kier alpha value is -4.32. The smallest absolute Gasteiger partial charge is 0.313 e. The summed E-state index contributed by atoms with van der Waals surface area (Å²) in [5, 5.41) is 13.2. The van der Waals surface area contributed by atoms with Crippen LogP contribution in [-0.2, 0) is 39.9 Å². The Bertz CT molecular complexity index is 1530. The predicted molar refractivity (Wildman–Crippen MR) is 170 cm³/mol. The molecule has 6 rings (SSSR count). The number of hydrogen-bond acceptors (Lipinski definition) is 8. The number of carbonyl (C=O) groups excluding carboxylic acids is 4. The second-order valence-corrected chi connectivity index (χ2v) is 12.6. The SMILES string of the molecule is COC[C@H]1NC(=O)CC/C=C\[C@H]2O[C@]34C=CCN(Cc5ccccc5)C(=O)[C@H]3N([C@H](C)CO)C(=O)[C@@H]4[C@H]2C(=O)O[C@@H]1c1ccccc1. The van der Waals surface area contributed by atoms with Crippen molar-refractivity contribution in [3.63, 3.8) is 0 Å². The van der Waals surface area contributed by atoms with Gasteiger partial charge in [0.05, 0.1) is 37.3 Å². The van der Waals surface area contributed by atoms with E-state index in [4.69, 9.17) is 14.2 Å². The number of rotatable bonds is 7. The highest BCUT2D eigenvalue weighted by atomic mass is 16.6. The van der Waals surface area contributed by atoms with Crippen LogP contribution < -0.4 is 5.32 Å². The molecule has 0 bridgehead atoms. The number of methoxy groups -OCH3 is 1. The third-order valence-electron chi connectivity index (χ3n) is 9.54. The largest absolute Gasteiger partial charge is 0.455 e. The van der Waals surface area contributed by atoms with Crippen molar-refractivity contribution in [3.05, 3.63) is 96.1 Å². The van der Waals surface area contributed by atoms with Crippen LogP contribution in [0.25, 0.3) is 0 Å². The number of allylic oxidation sites excluding steroid dienone is 1. The van der Waals surface area contributed by atoms with Gasteiger partial charge in [-0.05, 0) is 24.5 Å². The first-order valence-corrected chi connectivity index (χ1v) is 16.1. The molecular formula is C36H41N3O8. The molecule has 3 amide bonds. The molecule has 47 heavy (non-hydrogen) atoms. The second kappa shape index (κ2) is 13.8. The highest BCUT2D eigenvalue weighted by Crippen LogP contribution is 2.54. The molecule has 0 unspecified atom stereocenters. The Morgan fingerprint density at radius 2 is 1.74 bits per heavy atom. The van der Waals surface area contributed by atoms with Gasteiger partial charge in [0, 0.05) is 26.6 Å². The van der Waals surface area contributed by atoms with Crippen LogP contribution in [0.2, 0.25) is 0 Å². The maximum Gasteiger partial charge on any atom is 0.313 e. The first-order valence-electron chi connectivity index (χ1n) is 16.1. The Morgan fingerprint density at radius 3 is 2.45 bits per heavy atom. The molecule has 11 nitrogen and oxygen atoms in total. The van der Waals surface area contributed by atoms with Crippen LogP contribution in [-0.4, -0.2) is 95.3 Å². The Kier molecular flexibility index (Phi) is 9.58. The van der Waals surface area contributed by atoms with Gasteiger partial charge in [0.1, 0.15) is 23.7 Å². The summed E-state index contributed by atoms with van der Waals surface area (Å²) in [6.45, 7) is 1.95. The molecule has 2 aromatic carbocycles. The van der Waals surface area contributed by atoms with Crippen molar-refractivity contribution in [2.45, 2.75) is 62.2 Å². The average Bonchev–Trinajstić information content (AvgIpc) is 3.48. The molecule has 1 spiro atoms. The van der Waals surface area contributed by atoms with Crippen LogP contribution in [0.3, 0.4) is 0 Å². The lowest BCUT2D eigenvalue weighted by Crippen LogP contribution is -2.57. The minimum Gasteiger partial charge on any atom is -0.455 e. The van der Waals surface area contributed by atoms with E-state index in [9.17, 15) is 24.3 Å². The van der Waals surface area contributed by atoms with Gasteiger partial charge in [-0.1, -0.05) is 85.0 Å². The number of carbonyl (C=O) groups is 4. The molecule has 11 heteroatoms. The molecule has 248 valence electrons. The molecule has 4 aliphatic heterocycles. The van der Waals surface area contributed by atoms with Crippen molar-refractivity contribution < 1.29 is 38.5 Å². The van der Waals surface area contributed by atoms with E-state index in [1.54, 1.807) is 42.2 Å². The highest BCUT2D eigenvalue weighted by molar-refractivity contribution is 5.99. The molecule has 2 fully saturated rings. The minimum atomic E-state index is -1.50. The zero-order valence-corrected chi connectivity index (χ0v) is 26.6. The third-order valence-corrected chi connectivity index (χ3v) is 9.54. The number of cyclic esters (lactones) is 1. The van der Waals surface area contributed by atoms with Crippen molar-refractivity contribution in [1.82, 2.24) is 15.1 Å². The molecule has 2 aromatic rings. The van der Waals surface area contributed by atoms with E-state index in [1.807, 2.05) is 54.6 Å². The van der Waals surface area contributed by atoms with E-state index in [2.05, 4.69) is 5.32 Å². The van der Waals surface area contributed by atoms with Gasteiger partial charge in [0.2, 0.25) is 17.7 Å². The van der Waals surface area contributed by atoms with E-state index >= 15 is 0 Å². The number of likely N-dealkylation sites (tertiary alicyclic amines) is 1. The average molecular weight is 644 g/mol. The fourth-order valence-electron chi connectivity index (χ4n) is 7.38. The number of ether oxygens (including phenoxy) is 3. The first-order chi connectivity index (χ1) is 22.8. The Morgan fingerprint density at radius 1 is 1.02 bits per heavy atom. The number of hydrogen-bond donors (Lipinski definition) is 2. The van der Waals surface area contributed by atoms with Gasteiger partial charge in [0.25, 0.3) is 0 Å². The molecule has 4 aliphatic rings. The van der Waals surface area contributed by atoms with Crippen LogP contribution in [0.5, 0.6) is 0 Å². The van der Waals surface area contributed by atoms with E-state index in [-0.39, 0.29) is 38.0 Å². The summed E-state index contributed by atoms with van der Waals surface area (Å²) < 4.78 is 18.4. The maximum absolute atomic E-state index is 14.5. The number of amides is 3. The molecule has 4 heterocycles. The first kappa shape index (κ1) is 32.6. The summed E-state index contributed by atoms with van der Waals surface area (Å²) in [6, 6.07) is 16.1. The zero-order valence-electron chi connectivity index (χ0n) is 26.6. The van der Waals surface area contributed by atoms with E-state index in [0.29, 0.717) is 18.5 Å². The maximum atomic E-state index is 14.5. The molecule has 0 saturated carbocycles. The molecule has 0 aliphatic carbocycles. The Labute approximate surface area is 274 Å².